The van der Waals surface area contributed by atoms with Crippen molar-refractivity contribution < 1.29 is 20.3 Å². The van der Waals surface area contributed by atoms with E-state index in [0.717, 1.165) is 0 Å². The molecule has 0 fully saturated rings. The zero-order valence-electron chi connectivity index (χ0n) is 8.28. The Kier molecular flexibility index (Phi) is 13.0. The maximum Gasteiger partial charge on any atom is 0.0845 e. The van der Waals surface area contributed by atoms with E-state index < -0.39 is 0 Å². The minimum atomic E-state index is 0.548. The molecule has 0 saturated carbocycles. The average Bonchev–Trinajstić information content (AvgIpc) is 2.02. The summed E-state index contributed by atoms with van der Waals surface area (Å²) in [7, 11) is 0. The summed E-state index contributed by atoms with van der Waals surface area (Å²) in [6.07, 6.45) is 0. The largest absolute Gasteiger partial charge is 0.255 e. The van der Waals surface area contributed by atoms with E-state index in [1.807, 2.05) is 0 Å². The Morgan fingerprint density at radius 1 is 0.833 bits per heavy atom. The van der Waals surface area contributed by atoms with Crippen LogP contribution in [0.1, 0.15) is 27.7 Å². The summed E-state index contributed by atoms with van der Waals surface area (Å²) >= 11 is 0. The highest BCUT2D eigenvalue weighted by atomic mass is 17.2. The van der Waals surface area contributed by atoms with E-state index in [2.05, 4.69) is 27.7 Å². The molecule has 4 heteroatoms. The molecule has 0 aromatic heterocycles. The summed E-state index contributed by atoms with van der Waals surface area (Å²) in [5.74, 6) is 1.10. The highest BCUT2D eigenvalue weighted by Crippen LogP contribution is 1.96. The molecule has 4 nitrogen and oxygen atoms in total. The fourth-order valence-corrected chi connectivity index (χ4v) is 0.368. The molecule has 0 aliphatic rings. The van der Waals surface area contributed by atoms with Gasteiger partial charge in [-0.15, -0.1) is 0 Å². The van der Waals surface area contributed by atoms with Crippen LogP contribution in [0.5, 0.6) is 0 Å². The molecule has 0 heterocycles. The fourth-order valence-electron chi connectivity index (χ4n) is 0.368. The fraction of sp³-hybridized carbons (Fsp3) is 1.00. The standard InChI is InChI=1S/C8H18O2.H2O2/c1-7(2)5-9-10-6-8(3)4;1-2/h7-8H,5-6H2,1-4H3;1-2H. The summed E-state index contributed by atoms with van der Waals surface area (Å²) in [6, 6.07) is 0. The van der Waals surface area contributed by atoms with E-state index in [4.69, 9.17) is 20.3 Å². The van der Waals surface area contributed by atoms with Crippen molar-refractivity contribution in [2.75, 3.05) is 13.2 Å². The van der Waals surface area contributed by atoms with Crippen LogP contribution in [0.15, 0.2) is 0 Å². The van der Waals surface area contributed by atoms with E-state index in [1.165, 1.54) is 0 Å². The van der Waals surface area contributed by atoms with Crippen LogP contribution in [0.3, 0.4) is 0 Å². The van der Waals surface area contributed by atoms with Gasteiger partial charge >= 0.3 is 0 Å². The van der Waals surface area contributed by atoms with Gasteiger partial charge in [0.05, 0.1) is 13.2 Å². The van der Waals surface area contributed by atoms with Gasteiger partial charge < -0.3 is 0 Å². The Bertz CT molecular complexity index is 63.5. The molecule has 0 saturated heterocycles. The monoisotopic (exact) mass is 180 g/mol. The van der Waals surface area contributed by atoms with Gasteiger partial charge in [-0.25, -0.2) is 9.78 Å². The minimum absolute atomic E-state index is 0.548. The smallest absolute Gasteiger partial charge is 0.0845 e. The van der Waals surface area contributed by atoms with Crippen LogP contribution < -0.4 is 0 Å². The molecule has 0 aromatic rings. The summed E-state index contributed by atoms with van der Waals surface area (Å²) in [4.78, 5) is 9.81. The zero-order chi connectivity index (χ0) is 9.98. The lowest BCUT2D eigenvalue weighted by molar-refractivity contribution is -0.304. The van der Waals surface area contributed by atoms with Gasteiger partial charge in [-0.05, 0) is 11.8 Å². The van der Waals surface area contributed by atoms with E-state index in [-0.39, 0.29) is 0 Å². The molecule has 76 valence electrons. The SMILES string of the molecule is CC(C)COOCC(C)C.OO. The molecule has 2 N–H and O–H groups in total. The molecular formula is C8H20O4. The van der Waals surface area contributed by atoms with Crippen LogP contribution in [-0.2, 0) is 9.78 Å². The molecular weight excluding hydrogens is 160 g/mol. The molecule has 0 bridgehead atoms. The van der Waals surface area contributed by atoms with Crippen molar-refractivity contribution >= 4 is 0 Å². The van der Waals surface area contributed by atoms with E-state index in [0.29, 0.717) is 25.0 Å². The summed E-state index contributed by atoms with van der Waals surface area (Å²) < 4.78 is 0. The molecule has 0 aliphatic heterocycles. The van der Waals surface area contributed by atoms with Gasteiger partial charge in [0.15, 0.2) is 0 Å². The van der Waals surface area contributed by atoms with Crippen LogP contribution in [0.25, 0.3) is 0 Å². The van der Waals surface area contributed by atoms with Gasteiger partial charge in [-0.1, -0.05) is 27.7 Å². The molecule has 12 heavy (non-hydrogen) atoms. The predicted octanol–water partition coefficient (Wildman–Crippen LogP) is 2.26. The van der Waals surface area contributed by atoms with Gasteiger partial charge in [-0.2, -0.15) is 0 Å². The lowest BCUT2D eigenvalue weighted by atomic mass is 10.2. The third-order valence-electron chi connectivity index (χ3n) is 0.886. The van der Waals surface area contributed by atoms with Crippen LogP contribution in [0, 0.1) is 11.8 Å². The van der Waals surface area contributed by atoms with Crippen molar-refractivity contribution in [3.8, 4) is 0 Å². The van der Waals surface area contributed by atoms with Gasteiger partial charge in [0.2, 0.25) is 0 Å². The van der Waals surface area contributed by atoms with Crippen molar-refractivity contribution in [2.24, 2.45) is 11.8 Å². The van der Waals surface area contributed by atoms with Crippen molar-refractivity contribution in [3.63, 3.8) is 0 Å². The topological polar surface area (TPSA) is 58.9 Å². The van der Waals surface area contributed by atoms with Gasteiger partial charge in [0, 0.05) is 0 Å². The van der Waals surface area contributed by atoms with Crippen LogP contribution in [-0.4, -0.2) is 23.7 Å². The highest BCUT2D eigenvalue weighted by Gasteiger charge is 1.96. The maximum atomic E-state index is 6.00. The Morgan fingerprint density at radius 3 is 1.25 bits per heavy atom. The lowest BCUT2D eigenvalue weighted by Crippen LogP contribution is -2.07. The average molecular weight is 180 g/mol. The Balaban J connectivity index is 0. The molecule has 0 spiro atoms. The van der Waals surface area contributed by atoms with E-state index in [9.17, 15) is 0 Å². The van der Waals surface area contributed by atoms with Gasteiger partial charge in [0.25, 0.3) is 0 Å². The Morgan fingerprint density at radius 2 is 1.08 bits per heavy atom. The second-order valence-electron chi connectivity index (χ2n) is 3.36. The number of hydrogen-bond acceptors (Lipinski definition) is 4. The third-order valence-corrected chi connectivity index (χ3v) is 0.886. The Hall–Kier alpha value is -0.160. The second-order valence-corrected chi connectivity index (χ2v) is 3.36. The van der Waals surface area contributed by atoms with Crippen LogP contribution >= 0.6 is 0 Å². The second kappa shape index (κ2) is 10.8. The molecule has 0 unspecified atom stereocenters. The lowest BCUT2D eigenvalue weighted by Gasteiger charge is -2.07. The highest BCUT2D eigenvalue weighted by molar-refractivity contribution is 4.37. The third kappa shape index (κ3) is 16.4. The molecule has 0 amide bonds. The minimum Gasteiger partial charge on any atom is -0.255 e. The first-order valence-corrected chi connectivity index (χ1v) is 4.07. The first kappa shape index (κ1) is 14.4. The quantitative estimate of drug-likeness (QED) is 0.387. The molecule has 0 atom stereocenters. The zero-order valence-corrected chi connectivity index (χ0v) is 8.28. The van der Waals surface area contributed by atoms with Crippen molar-refractivity contribution in [3.05, 3.63) is 0 Å². The summed E-state index contributed by atoms with van der Waals surface area (Å²) in [5.41, 5.74) is 0. The van der Waals surface area contributed by atoms with Crippen molar-refractivity contribution in [1.82, 2.24) is 0 Å². The van der Waals surface area contributed by atoms with Gasteiger partial charge in [-0.3, -0.25) is 10.5 Å². The van der Waals surface area contributed by atoms with Crippen molar-refractivity contribution in [1.29, 1.82) is 0 Å². The van der Waals surface area contributed by atoms with Gasteiger partial charge in [0.1, 0.15) is 0 Å². The first-order chi connectivity index (χ1) is 5.63. The molecule has 0 rings (SSSR count). The first-order valence-electron chi connectivity index (χ1n) is 4.07. The molecule has 0 aliphatic carbocycles. The number of hydrogen-bond donors (Lipinski definition) is 2. The summed E-state index contributed by atoms with van der Waals surface area (Å²) in [5, 5.41) is 12.0. The molecule has 0 aromatic carbocycles. The maximum absolute atomic E-state index is 6.00. The molecule has 0 radical (unpaired) electrons. The summed E-state index contributed by atoms with van der Waals surface area (Å²) in [6.45, 7) is 9.76. The number of rotatable bonds is 5. The normalized spacial score (nSPS) is 10.0. The van der Waals surface area contributed by atoms with E-state index >= 15 is 0 Å². The van der Waals surface area contributed by atoms with Crippen molar-refractivity contribution in [2.45, 2.75) is 27.7 Å². The van der Waals surface area contributed by atoms with Crippen LogP contribution in [0.4, 0.5) is 0 Å². The van der Waals surface area contributed by atoms with Crippen LogP contribution in [0.2, 0.25) is 0 Å². The Labute approximate surface area is 74.0 Å². The predicted molar refractivity (Wildman–Crippen MR) is 46.8 cm³/mol. The van der Waals surface area contributed by atoms with E-state index in [1.54, 1.807) is 0 Å².